The normalized spacial score (nSPS) is 14.9. The number of amides is 1. The molecule has 1 amide bonds. The smallest absolute Gasteiger partial charge is 0.231 e. The molecule has 8 rings (SSSR count). The Balaban J connectivity index is 1.10. The number of rotatable bonds is 6. The van der Waals surface area contributed by atoms with E-state index < -0.39 is 0 Å². The first-order valence-corrected chi connectivity index (χ1v) is 14.4. The molecule has 2 aliphatic heterocycles. The molecule has 0 radical (unpaired) electrons. The molecule has 1 fully saturated rings. The van der Waals surface area contributed by atoms with Crippen LogP contribution in [0, 0.1) is 5.92 Å². The minimum Gasteiger partial charge on any atom is -0.454 e. The molecule has 0 atom stereocenters. The number of nitrogens with one attached hydrogen (secondary N) is 4. The van der Waals surface area contributed by atoms with Crippen LogP contribution in [0.2, 0.25) is 0 Å². The number of hydrogen-bond acceptors (Lipinski definition) is 8. The quantitative estimate of drug-likeness (QED) is 0.211. The fourth-order valence-electron chi connectivity index (χ4n) is 5.87. The van der Waals surface area contributed by atoms with Gasteiger partial charge in [0.05, 0.1) is 34.1 Å². The Bertz CT molecular complexity index is 1990. The van der Waals surface area contributed by atoms with E-state index in [0.717, 1.165) is 70.7 Å². The van der Waals surface area contributed by atoms with Gasteiger partial charge in [-0.25, -0.2) is 9.97 Å². The average molecular weight is 573 g/mol. The number of carbonyl (C=O) groups is 1. The van der Waals surface area contributed by atoms with Crippen LogP contribution in [-0.2, 0) is 4.79 Å². The van der Waals surface area contributed by atoms with Gasteiger partial charge in [-0.15, -0.1) is 0 Å². The van der Waals surface area contributed by atoms with Crippen molar-refractivity contribution in [1.29, 1.82) is 0 Å². The van der Waals surface area contributed by atoms with Crippen LogP contribution < -0.4 is 20.1 Å². The average Bonchev–Trinajstić information content (AvgIpc) is 3.79. The van der Waals surface area contributed by atoms with Crippen LogP contribution in [0.1, 0.15) is 19.3 Å². The molecule has 4 aromatic heterocycles. The first-order valence-electron chi connectivity index (χ1n) is 14.4. The number of hydrogen-bond donors (Lipinski definition) is 4. The van der Waals surface area contributed by atoms with E-state index in [2.05, 4.69) is 30.8 Å². The van der Waals surface area contributed by atoms with Crippen molar-refractivity contribution in [3.05, 3.63) is 67.0 Å². The number of aromatic amines is 2. The largest absolute Gasteiger partial charge is 0.454 e. The highest BCUT2D eigenvalue weighted by Gasteiger charge is 2.20. The van der Waals surface area contributed by atoms with E-state index in [1.807, 2.05) is 54.6 Å². The Morgan fingerprint density at radius 2 is 1.81 bits per heavy atom. The fraction of sp³-hybridized carbons (Fsp3) is 0.219. The first-order chi connectivity index (χ1) is 21.2. The summed E-state index contributed by atoms with van der Waals surface area (Å²) in [6.07, 6.45) is 5.97. The number of H-pyrrole nitrogens is 2. The molecule has 0 saturated carbocycles. The lowest BCUT2D eigenvalue weighted by Gasteiger charge is -2.21. The number of para-hydroxylation sites is 1. The number of anilines is 1. The van der Waals surface area contributed by atoms with Crippen LogP contribution >= 0.6 is 0 Å². The first kappa shape index (κ1) is 25.4. The van der Waals surface area contributed by atoms with Gasteiger partial charge in [-0.1, -0.05) is 18.2 Å². The van der Waals surface area contributed by atoms with Gasteiger partial charge in [-0.05, 0) is 73.8 Å². The number of carbonyl (C=O) groups excluding carboxylic acids is 1. The van der Waals surface area contributed by atoms with Gasteiger partial charge < -0.3 is 25.1 Å². The van der Waals surface area contributed by atoms with E-state index in [-0.39, 0.29) is 12.7 Å². The summed E-state index contributed by atoms with van der Waals surface area (Å²) in [5.41, 5.74) is 7.90. The number of benzene rings is 2. The summed E-state index contributed by atoms with van der Waals surface area (Å²) in [6, 6.07) is 17.7. The predicted molar refractivity (Wildman–Crippen MR) is 163 cm³/mol. The van der Waals surface area contributed by atoms with Crippen LogP contribution in [0.4, 0.5) is 5.69 Å². The monoisotopic (exact) mass is 572 g/mol. The van der Waals surface area contributed by atoms with E-state index in [4.69, 9.17) is 19.4 Å². The van der Waals surface area contributed by atoms with E-state index >= 15 is 0 Å². The van der Waals surface area contributed by atoms with Crippen molar-refractivity contribution in [2.75, 3.05) is 25.2 Å². The minimum absolute atomic E-state index is 0.0105. The van der Waals surface area contributed by atoms with Crippen molar-refractivity contribution in [3.8, 4) is 45.4 Å². The molecule has 1 saturated heterocycles. The summed E-state index contributed by atoms with van der Waals surface area (Å²) in [5.74, 6) is 2.49. The molecule has 0 spiro atoms. The summed E-state index contributed by atoms with van der Waals surface area (Å²) in [4.78, 5) is 30.4. The highest BCUT2D eigenvalue weighted by Crippen LogP contribution is 2.38. The molecule has 6 heterocycles. The zero-order chi connectivity index (χ0) is 28.8. The van der Waals surface area contributed by atoms with E-state index in [1.54, 1.807) is 12.4 Å². The molecule has 214 valence electrons. The van der Waals surface area contributed by atoms with Crippen molar-refractivity contribution in [2.24, 2.45) is 5.92 Å². The number of imidazole rings is 1. The summed E-state index contributed by atoms with van der Waals surface area (Å²) < 4.78 is 11.1. The van der Waals surface area contributed by atoms with Gasteiger partial charge in [0.2, 0.25) is 12.7 Å². The molecule has 43 heavy (non-hydrogen) atoms. The predicted octanol–water partition coefficient (Wildman–Crippen LogP) is 5.29. The van der Waals surface area contributed by atoms with E-state index in [1.165, 1.54) is 0 Å². The second kappa shape index (κ2) is 10.5. The number of aromatic nitrogens is 6. The highest BCUT2D eigenvalue weighted by molar-refractivity contribution is 5.97. The summed E-state index contributed by atoms with van der Waals surface area (Å²) in [7, 11) is 0. The van der Waals surface area contributed by atoms with Crippen molar-refractivity contribution in [2.45, 2.75) is 19.3 Å². The standard InChI is InChI=1S/C32H28N8O3/c41-28(12-18-8-10-33-11-9-18)35-21-13-20(15-34-16-21)23-5-6-25-30(36-23)31(40-39-25)32-37-24-3-1-2-22(29(24)38-32)19-4-7-26-27(14-19)43-17-42-26/h1-7,13-16,18,33H,8-12,17H2,(H,35,41)(H,37,38)(H,39,40). The number of pyridine rings is 2. The molecule has 11 nitrogen and oxygen atoms in total. The Hall–Kier alpha value is -5.29. The maximum atomic E-state index is 12.7. The lowest BCUT2D eigenvalue weighted by molar-refractivity contribution is -0.117. The Kier molecular flexibility index (Phi) is 6.22. The van der Waals surface area contributed by atoms with Crippen LogP contribution in [0.3, 0.4) is 0 Å². The second-order valence-corrected chi connectivity index (χ2v) is 10.9. The second-order valence-electron chi connectivity index (χ2n) is 10.9. The van der Waals surface area contributed by atoms with Gasteiger partial charge in [0.25, 0.3) is 0 Å². The number of nitrogens with zero attached hydrogens (tertiary/aromatic N) is 4. The van der Waals surface area contributed by atoms with Gasteiger partial charge in [0.15, 0.2) is 23.0 Å². The van der Waals surface area contributed by atoms with Crippen LogP contribution in [0.5, 0.6) is 11.5 Å². The van der Waals surface area contributed by atoms with Crippen LogP contribution in [0.15, 0.2) is 67.0 Å². The molecule has 2 aromatic carbocycles. The Morgan fingerprint density at radius 1 is 0.907 bits per heavy atom. The van der Waals surface area contributed by atoms with Crippen LogP contribution in [0.25, 0.3) is 56.0 Å². The van der Waals surface area contributed by atoms with Gasteiger partial charge in [0, 0.05) is 23.7 Å². The third-order valence-corrected chi connectivity index (χ3v) is 8.08. The minimum atomic E-state index is 0.0105. The summed E-state index contributed by atoms with van der Waals surface area (Å²) in [5, 5.41) is 14.0. The molecule has 0 unspecified atom stereocenters. The van der Waals surface area contributed by atoms with Crippen molar-refractivity contribution >= 4 is 33.7 Å². The summed E-state index contributed by atoms with van der Waals surface area (Å²) in [6.45, 7) is 2.16. The molecular weight excluding hydrogens is 544 g/mol. The van der Waals surface area contributed by atoms with Crippen molar-refractivity contribution in [3.63, 3.8) is 0 Å². The molecule has 0 bridgehead atoms. The number of fused-ring (bicyclic) bond motifs is 3. The molecule has 6 aromatic rings. The Morgan fingerprint density at radius 3 is 2.74 bits per heavy atom. The third kappa shape index (κ3) is 4.83. The molecule has 0 aliphatic carbocycles. The lowest BCUT2D eigenvalue weighted by atomic mass is 9.94. The molecule has 2 aliphatic rings. The van der Waals surface area contributed by atoms with Gasteiger partial charge in [-0.2, -0.15) is 5.10 Å². The molecule has 11 heteroatoms. The van der Waals surface area contributed by atoms with E-state index in [0.29, 0.717) is 40.8 Å². The lowest BCUT2D eigenvalue weighted by Crippen LogP contribution is -2.30. The zero-order valence-electron chi connectivity index (χ0n) is 23.2. The highest BCUT2D eigenvalue weighted by atomic mass is 16.7. The maximum Gasteiger partial charge on any atom is 0.231 e. The number of ether oxygens (including phenoxy) is 2. The molecular formula is C32H28N8O3. The van der Waals surface area contributed by atoms with Crippen molar-refractivity contribution < 1.29 is 14.3 Å². The molecule has 4 N–H and O–H groups in total. The van der Waals surface area contributed by atoms with Crippen molar-refractivity contribution in [1.82, 2.24) is 35.5 Å². The summed E-state index contributed by atoms with van der Waals surface area (Å²) >= 11 is 0. The Labute approximate surface area is 246 Å². The SMILES string of the molecule is O=C(CC1CCNCC1)Nc1cncc(-c2ccc3[nH]nc(-c4nc5c(-c6ccc7c(c6)OCO7)cccc5[nH]4)c3n2)c1. The van der Waals surface area contributed by atoms with Gasteiger partial charge in [0.1, 0.15) is 5.52 Å². The zero-order valence-corrected chi connectivity index (χ0v) is 23.2. The topological polar surface area (TPSA) is 143 Å². The maximum absolute atomic E-state index is 12.7. The number of piperidine rings is 1. The van der Waals surface area contributed by atoms with Gasteiger partial charge >= 0.3 is 0 Å². The third-order valence-electron chi connectivity index (χ3n) is 8.08. The fourth-order valence-corrected chi connectivity index (χ4v) is 5.87. The van der Waals surface area contributed by atoms with Crippen LogP contribution in [-0.4, -0.2) is 55.9 Å². The van der Waals surface area contributed by atoms with E-state index in [9.17, 15) is 4.79 Å². The van der Waals surface area contributed by atoms with Gasteiger partial charge in [-0.3, -0.25) is 14.9 Å².